The summed E-state index contributed by atoms with van der Waals surface area (Å²) < 4.78 is 5.50. The van der Waals surface area contributed by atoms with Gasteiger partial charge in [-0.1, -0.05) is 0 Å². The number of nitrogens with zero attached hydrogens (tertiary/aromatic N) is 4. The van der Waals surface area contributed by atoms with E-state index in [2.05, 4.69) is 9.97 Å². The van der Waals surface area contributed by atoms with E-state index in [1.54, 1.807) is 11.0 Å². The molecule has 0 amide bonds. The summed E-state index contributed by atoms with van der Waals surface area (Å²) >= 11 is 0. The van der Waals surface area contributed by atoms with Crippen molar-refractivity contribution in [3.63, 3.8) is 0 Å². The highest BCUT2D eigenvalue weighted by molar-refractivity contribution is 5.73. The molecule has 1 heterocycles. The Morgan fingerprint density at radius 2 is 2.05 bits per heavy atom. The van der Waals surface area contributed by atoms with Gasteiger partial charge in [0.2, 0.25) is 5.88 Å². The summed E-state index contributed by atoms with van der Waals surface area (Å²) in [6, 6.07) is 1.67. The lowest BCUT2D eigenvalue weighted by molar-refractivity contribution is -0.135. The van der Waals surface area contributed by atoms with E-state index >= 15 is 0 Å². The van der Waals surface area contributed by atoms with Crippen LogP contribution in [0.4, 0.5) is 5.82 Å². The Bertz CT molecular complexity index is 437. The minimum Gasteiger partial charge on any atom is -0.480 e. The number of carboxylic acid groups (broad SMARTS) is 1. The standard InChI is InChI=1S/C13H22N4O3/c1-10(2)20-12-7-11(14-9-15-12)17(8-13(18)19)6-5-16(3)4/h7,9-10H,5-6,8H2,1-4H3,(H,18,19). The van der Waals surface area contributed by atoms with Gasteiger partial charge >= 0.3 is 5.97 Å². The second kappa shape index (κ2) is 7.64. The molecule has 0 saturated heterocycles. The molecule has 7 nitrogen and oxygen atoms in total. The zero-order valence-electron chi connectivity index (χ0n) is 12.4. The van der Waals surface area contributed by atoms with Gasteiger partial charge in [-0.15, -0.1) is 0 Å². The van der Waals surface area contributed by atoms with Gasteiger partial charge in [-0.05, 0) is 27.9 Å². The molecule has 0 bridgehead atoms. The molecule has 0 fully saturated rings. The van der Waals surface area contributed by atoms with Crippen molar-refractivity contribution >= 4 is 11.8 Å². The van der Waals surface area contributed by atoms with Gasteiger partial charge in [-0.25, -0.2) is 9.97 Å². The zero-order valence-corrected chi connectivity index (χ0v) is 12.4. The average Bonchev–Trinajstić information content (AvgIpc) is 2.33. The summed E-state index contributed by atoms with van der Waals surface area (Å²) in [6.07, 6.45) is 1.39. The fourth-order valence-corrected chi connectivity index (χ4v) is 1.57. The highest BCUT2D eigenvalue weighted by Crippen LogP contribution is 2.16. The molecule has 20 heavy (non-hydrogen) atoms. The third-order valence-electron chi connectivity index (χ3n) is 2.45. The van der Waals surface area contributed by atoms with Crippen LogP contribution in [0.1, 0.15) is 13.8 Å². The Morgan fingerprint density at radius 3 is 2.60 bits per heavy atom. The van der Waals surface area contributed by atoms with E-state index in [1.165, 1.54) is 6.33 Å². The lowest BCUT2D eigenvalue weighted by Crippen LogP contribution is -2.36. The highest BCUT2D eigenvalue weighted by Gasteiger charge is 2.14. The number of hydrogen-bond donors (Lipinski definition) is 1. The van der Waals surface area contributed by atoms with Crippen molar-refractivity contribution in [3.8, 4) is 5.88 Å². The van der Waals surface area contributed by atoms with Crippen LogP contribution in [0.2, 0.25) is 0 Å². The van der Waals surface area contributed by atoms with Crippen LogP contribution in [-0.4, -0.2) is 65.8 Å². The monoisotopic (exact) mass is 282 g/mol. The molecule has 112 valence electrons. The molecule has 0 saturated carbocycles. The summed E-state index contributed by atoms with van der Waals surface area (Å²) in [5.74, 6) is 0.110. The second-order valence-corrected chi connectivity index (χ2v) is 5.00. The first-order valence-electron chi connectivity index (χ1n) is 6.48. The number of hydrogen-bond acceptors (Lipinski definition) is 6. The summed E-state index contributed by atoms with van der Waals surface area (Å²) in [7, 11) is 3.87. The Labute approximate surface area is 119 Å². The van der Waals surface area contributed by atoms with Crippen molar-refractivity contribution < 1.29 is 14.6 Å². The third kappa shape index (κ3) is 5.83. The van der Waals surface area contributed by atoms with Gasteiger partial charge in [0, 0.05) is 19.2 Å². The molecule has 0 radical (unpaired) electrons. The molecule has 0 aliphatic carbocycles. The minimum atomic E-state index is -0.895. The Kier molecular flexibility index (Phi) is 6.17. The van der Waals surface area contributed by atoms with E-state index in [1.807, 2.05) is 32.8 Å². The Hall–Kier alpha value is -1.89. The number of ether oxygens (including phenoxy) is 1. The number of carboxylic acids is 1. The van der Waals surface area contributed by atoms with Gasteiger partial charge in [0.25, 0.3) is 0 Å². The normalized spacial score (nSPS) is 10.9. The van der Waals surface area contributed by atoms with Gasteiger partial charge < -0.3 is 19.6 Å². The summed E-state index contributed by atoms with van der Waals surface area (Å²) in [6.45, 7) is 5.01. The van der Waals surface area contributed by atoms with Crippen LogP contribution in [-0.2, 0) is 4.79 Å². The van der Waals surface area contributed by atoms with Crippen LogP contribution >= 0.6 is 0 Å². The number of likely N-dealkylation sites (N-methyl/N-ethyl adjacent to an activating group) is 1. The van der Waals surface area contributed by atoms with Gasteiger partial charge in [-0.2, -0.15) is 0 Å². The van der Waals surface area contributed by atoms with E-state index in [0.29, 0.717) is 18.2 Å². The maximum absolute atomic E-state index is 11.0. The highest BCUT2D eigenvalue weighted by atomic mass is 16.5. The smallest absolute Gasteiger partial charge is 0.323 e. The van der Waals surface area contributed by atoms with Crippen molar-refractivity contribution in [1.29, 1.82) is 0 Å². The van der Waals surface area contributed by atoms with Crippen molar-refractivity contribution in [1.82, 2.24) is 14.9 Å². The van der Waals surface area contributed by atoms with Crippen molar-refractivity contribution in [2.75, 3.05) is 38.6 Å². The van der Waals surface area contributed by atoms with Crippen molar-refractivity contribution in [2.45, 2.75) is 20.0 Å². The largest absolute Gasteiger partial charge is 0.480 e. The molecule has 1 N–H and O–H groups in total. The Morgan fingerprint density at radius 1 is 1.35 bits per heavy atom. The van der Waals surface area contributed by atoms with E-state index < -0.39 is 5.97 Å². The summed E-state index contributed by atoms with van der Waals surface area (Å²) in [5, 5.41) is 9.00. The van der Waals surface area contributed by atoms with Crippen LogP contribution < -0.4 is 9.64 Å². The van der Waals surface area contributed by atoms with Gasteiger partial charge in [0.15, 0.2) is 0 Å². The predicted molar refractivity (Wildman–Crippen MR) is 76.2 cm³/mol. The molecule has 1 aromatic heterocycles. The molecule has 1 rings (SSSR count). The van der Waals surface area contributed by atoms with Crippen LogP contribution in [0.5, 0.6) is 5.88 Å². The lowest BCUT2D eigenvalue weighted by atomic mass is 10.4. The SMILES string of the molecule is CC(C)Oc1cc(N(CCN(C)C)CC(=O)O)ncn1. The summed E-state index contributed by atoms with van der Waals surface area (Å²) in [4.78, 5) is 22.8. The molecule has 0 spiro atoms. The third-order valence-corrected chi connectivity index (χ3v) is 2.45. The lowest BCUT2D eigenvalue weighted by Gasteiger charge is -2.23. The number of carbonyl (C=O) groups is 1. The predicted octanol–water partition coefficient (Wildman–Crippen LogP) is 0.716. The molecule has 7 heteroatoms. The quantitative estimate of drug-likeness (QED) is 0.752. The minimum absolute atomic E-state index is 0.00690. The van der Waals surface area contributed by atoms with Crippen molar-refractivity contribution in [3.05, 3.63) is 12.4 Å². The molecule has 0 unspecified atom stereocenters. The van der Waals surface area contributed by atoms with Crippen molar-refractivity contribution in [2.24, 2.45) is 0 Å². The molecule has 0 atom stereocenters. The van der Waals surface area contributed by atoms with Gasteiger partial charge in [0.1, 0.15) is 18.7 Å². The fraction of sp³-hybridized carbons (Fsp3) is 0.615. The van der Waals surface area contributed by atoms with E-state index in [9.17, 15) is 4.79 Å². The van der Waals surface area contributed by atoms with E-state index in [4.69, 9.17) is 9.84 Å². The maximum atomic E-state index is 11.0. The number of anilines is 1. The van der Waals surface area contributed by atoms with E-state index in [-0.39, 0.29) is 12.6 Å². The van der Waals surface area contributed by atoms with Crippen LogP contribution in [0, 0.1) is 0 Å². The zero-order chi connectivity index (χ0) is 15.1. The fourth-order valence-electron chi connectivity index (χ4n) is 1.57. The molecule has 1 aromatic rings. The van der Waals surface area contributed by atoms with Gasteiger partial charge in [0.05, 0.1) is 6.10 Å². The first-order chi connectivity index (χ1) is 9.38. The van der Waals surface area contributed by atoms with Crippen LogP contribution in [0.15, 0.2) is 12.4 Å². The summed E-state index contributed by atoms with van der Waals surface area (Å²) in [5.41, 5.74) is 0. The molecule has 0 aliphatic rings. The number of aliphatic carboxylic acids is 1. The molecule has 0 aromatic carbocycles. The molecular formula is C13H22N4O3. The van der Waals surface area contributed by atoms with E-state index in [0.717, 1.165) is 6.54 Å². The second-order valence-electron chi connectivity index (χ2n) is 5.00. The first-order valence-corrected chi connectivity index (χ1v) is 6.48. The number of rotatable bonds is 8. The van der Waals surface area contributed by atoms with Crippen LogP contribution in [0.3, 0.4) is 0 Å². The number of aromatic nitrogens is 2. The van der Waals surface area contributed by atoms with Gasteiger partial charge in [-0.3, -0.25) is 4.79 Å². The average molecular weight is 282 g/mol. The van der Waals surface area contributed by atoms with Crippen LogP contribution in [0.25, 0.3) is 0 Å². The molecular weight excluding hydrogens is 260 g/mol. The topological polar surface area (TPSA) is 78.8 Å². The maximum Gasteiger partial charge on any atom is 0.323 e. The Balaban J connectivity index is 2.85. The molecule has 0 aliphatic heterocycles. The first kappa shape index (κ1) is 16.2.